The van der Waals surface area contributed by atoms with E-state index in [0.717, 1.165) is 13.0 Å². The van der Waals surface area contributed by atoms with E-state index in [4.69, 9.17) is 0 Å². The molecule has 1 N–H and O–H groups in total. The van der Waals surface area contributed by atoms with Crippen LogP contribution in [0.15, 0.2) is 41.8 Å². The third kappa shape index (κ3) is 4.97. The fraction of sp³-hybridized carbons (Fsp3) is 0.389. The number of hydrogen-bond donors (Lipinski definition) is 1. The molecule has 0 saturated heterocycles. The van der Waals surface area contributed by atoms with Crippen molar-refractivity contribution in [2.45, 2.75) is 33.4 Å². The molecule has 0 saturated carbocycles. The molecule has 1 heterocycles. The zero-order chi connectivity index (χ0) is 15.8. The van der Waals surface area contributed by atoms with Gasteiger partial charge in [0.25, 0.3) is 0 Å². The number of amides is 1. The Labute approximate surface area is 137 Å². The smallest absolute Gasteiger partial charge is 0.237 e. The van der Waals surface area contributed by atoms with Crippen molar-refractivity contribution in [3.05, 3.63) is 57.8 Å². The number of hydrogen-bond acceptors (Lipinski definition) is 3. The standard InChI is InChI=1S/C18H24N2OS/c1-3-10-19-12-18(21)20(13-16-7-5-4-6-8-16)14-17-15(2)9-11-22-17/h4-9,11,19H,3,10,12-14H2,1-2H3. The Bertz CT molecular complexity index is 580. The first kappa shape index (κ1) is 16.7. The molecule has 2 aromatic rings. The molecule has 0 spiro atoms. The van der Waals surface area contributed by atoms with Crippen molar-refractivity contribution in [3.63, 3.8) is 0 Å². The van der Waals surface area contributed by atoms with Crippen molar-refractivity contribution in [3.8, 4) is 0 Å². The van der Waals surface area contributed by atoms with Gasteiger partial charge in [-0.3, -0.25) is 4.79 Å². The normalized spacial score (nSPS) is 10.6. The van der Waals surface area contributed by atoms with E-state index >= 15 is 0 Å². The number of carbonyl (C=O) groups is 1. The van der Waals surface area contributed by atoms with Crippen LogP contribution in [0.2, 0.25) is 0 Å². The molecule has 0 radical (unpaired) electrons. The number of benzene rings is 1. The Morgan fingerprint density at radius 2 is 1.95 bits per heavy atom. The summed E-state index contributed by atoms with van der Waals surface area (Å²) in [6.45, 7) is 6.84. The predicted octanol–water partition coefficient (Wildman–Crippen LogP) is 3.58. The molecule has 0 aliphatic rings. The van der Waals surface area contributed by atoms with E-state index < -0.39 is 0 Å². The van der Waals surface area contributed by atoms with E-state index in [1.54, 1.807) is 11.3 Å². The van der Waals surface area contributed by atoms with Crippen molar-refractivity contribution in [2.24, 2.45) is 0 Å². The zero-order valence-corrected chi connectivity index (χ0v) is 14.2. The average molecular weight is 316 g/mol. The highest BCUT2D eigenvalue weighted by atomic mass is 32.1. The first-order valence-electron chi connectivity index (χ1n) is 7.76. The van der Waals surface area contributed by atoms with E-state index in [1.165, 1.54) is 16.0 Å². The van der Waals surface area contributed by atoms with Gasteiger partial charge in [-0.15, -0.1) is 11.3 Å². The quantitative estimate of drug-likeness (QED) is 0.755. The largest absolute Gasteiger partial charge is 0.332 e. The van der Waals surface area contributed by atoms with Crippen LogP contribution in [-0.4, -0.2) is 23.9 Å². The Morgan fingerprint density at radius 3 is 2.59 bits per heavy atom. The third-order valence-corrected chi connectivity index (χ3v) is 4.58. The second-order valence-corrected chi connectivity index (χ2v) is 6.44. The molecule has 3 nitrogen and oxygen atoms in total. The second-order valence-electron chi connectivity index (χ2n) is 5.44. The highest BCUT2D eigenvalue weighted by Gasteiger charge is 2.15. The lowest BCUT2D eigenvalue weighted by Crippen LogP contribution is -2.37. The number of nitrogens with zero attached hydrogens (tertiary/aromatic N) is 1. The summed E-state index contributed by atoms with van der Waals surface area (Å²) >= 11 is 1.72. The molecule has 0 aliphatic carbocycles. The van der Waals surface area contributed by atoms with Gasteiger partial charge in [-0.05, 0) is 42.5 Å². The minimum Gasteiger partial charge on any atom is -0.332 e. The van der Waals surface area contributed by atoms with Crippen molar-refractivity contribution in [2.75, 3.05) is 13.1 Å². The van der Waals surface area contributed by atoms with Crippen molar-refractivity contribution >= 4 is 17.2 Å². The van der Waals surface area contributed by atoms with Gasteiger partial charge in [-0.1, -0.05) is 37.3 Å². The summed E-state index contributed by atoms with van der Waals surface area (Å²) in [5, 5.41) is 5.30. The maximum absolute atomic E-state index is 12.5. The number of rotatable bonds is 8. The van der Waals surface area contributed by atoms with Crippen molar-refractivity contribution < 1.29 is 4.79 Å². The number of nitrogens with one attached hydrogen (secondary N) is 1. The van der Waals surface area contributed by atoms with Gasteiger partial charge < -0.3 is 10.2 Å². The first-order valence-corrected chi connectivity index (χ1v) is 8.64. The lowest BCUT2D eigenvalue weighted by atomic mass is 10.2. The molecule has 0 atom stereocenters. The molecule has 0 unspecified atom stereocenters. The van der Waals surface area contributed by atoms with E-state index in [1.807, 2.05) is 23.1 Å². The topological polar surface area (TPSA) is 32.3 Å². The van der Waals surface area contributed by atoms with Gasteiger partial charge >= 0.3 is 0 Å². The molecule has 1 aromatic carbocycles. The number of carbonyl (C=O) groups excluding carboxylic acids is 1. The summed E-state index contributed by atoms with van der Waals surface area (Å²) in [7, 11) is 0. The van der Waals surface area contributed by atoms with Crippen molar-refractivity contribution in [1.82, 2.24) is 10.2 Å². The highest BCUT2D eigenvalue weighted by Crippen LogP contribution is 2.19. The van der Waals surface area contributed by atoms with Gasteiger partial charge in [0.15, 0.2) is 0 Å². The SMILES string of the molecule is CCCNCC(=O)N(Cc1ccccc1)Cc1sccc1C. The maximum Gasteiger partial charge on any atom is 0.237 e. The average Bonchev–Trinajstić information content (AvgIpc) is 2.93. The summed E-state index contributed by atoms with van der Waals surface area (Å²) in [4.78, 5) is 15.7. The molecule has 0 aliphatic heterocycles. The second kappa shape index (κ2) is 8.71. The van der Waals surface area contributed by atoms with Crippen molar-refractivity contribution in [1.29, 1.82) is 0 Å². The van der Waals surface area contributed by atoms with Crippen LogP contribution in [0.5, 0.6) is 0 Å². The summed E-state index contributed by atoms with van der Waals surface area (Å²) in [6.07, 6.45) is 1.04. The maximum atomic E-state index is 12.5. The summed E-state index contributed by atoms with van der Waals surface area (Å²) < 4.78 is 0. The minimum absolute atomic E-state index is 0.158. The summed E-state index contributed by atoms with van der Waals surface area (Å²) in [5.41, 5.74) is 2.43. The van der Waals surface area contributed by atoms with Crippen LogP contribution < -0.4 is 5.32 Å². The van der Waals surface area contributed by atoms with Crippen LogP contribution in [0, 0.1) is 6.92 Å². The highest BCUT2D eigenvalue weighted by molar-refractivity contribution is 7.10. The molecule has 22 heavy (non-hydrogen) atoms. The molecular formula is C18H24N2OS. The summed E-state index contributed by atoms with van der Waals surface area (Å²) in [5.74, 6) is 0.158. The Hall–Kier alpha value is -1.65. The Balaban J connectivity index is 2.06. The minimum atomic E-state index is 0.158. The van der Waals surface area contributed by atoms with Gasteiger partial charge in [0.2, 0.25) is 5.91 Å². The molecule has 0 fully saturated rings. The molecular weight excluding hydrogens is 292 g/mol. The van der Waals surface area contributed by atoms with Gasteiger partial charge in [-0.2, -0.15) is 0 Å². The van der Waals surface area contributed by atoms with Crippen LogP contribution in [-0.2, 0) is 17.9 Å². The monoisotopic (exact) mass is 316 g/mol. The fourth-order valence-electron chi connectivity index (χ4n) is 2.26. The third-order valence-electron chi connectivity index (χ3n) is 3.57. The van der Waals surface area contributed by atoms with Crippen LogP contribution in [0.1, 0.15) is 29.3 Å². The molecule has 1 aromatic heterocycles. The van der Waals surface area contributed by atoms with Gasteiger partial charge in [-0.25, -0.2) is 0 Å². The first-order chi connectivity index (χ1) is 10.7. The molecule has 2 rings (SSSR count). The molecule has 0 bridgehead atoms. The number of thiophene rings is 1. The van der Waals surface area contributed by atoms with E-state index in [-0.39, 0.29) is 5.91 Å². The lowest BCUT2D eigenvalue weighted by molar-refractivity contribution is -0.131. The van der Waals surface area contributed by atoms with Crippen LogP contribution in [0.25, 0.3) is 0 Å². The molecule has 4 heteroatoms. The predicted molar refractivity (Wildman–Crippen MR) is 92.9 cm³/mol. The molecule has 1 amide bonds. The Kier molecular flexibility index (Phi) is 6.62. The lowest BCUT2D eigenvalue weighted by Gasteiger charge is -2.23. The van der Waals surface area contributed by atoms with Gasteiger partial charge in [0.05, 0.1) is 13.1 Å². The Morgan fingerprint density at radius 1 is 1.18 bits per heavy atom. The van der Waals surface area contributed by atoms with Crippen LogP contribution in [0.3, 0.4) is 0 Å². The fourth-order valence-corrected chi connectivity index (χ4v) is 3.18. The van der Waals surface area contributed by atoms with Gasteiger partial charge in [0, 0.05) is 11.4 Å². The van der Waals surface area contributed by atoms with Crippen LogP contribution in [0.4, 0.5) is 0 Å². The zero-order valence-electron chi connectivity index (χ0n) is 13.3. The van der Waals surface area contributed by atoms with Gasteiger partial charge in [0.1, 0.15) is 0 Å². The van der Waals surface area contributed by atoms with E-state index in [2.05, 4.69) is 42.7 Å². The van der Waals surface area contributed by atoms with E-state index in [9.17, 15) is 4.79 Å². The van der Waals surface area contributed by atoms with E-state index in [0.29, 0.717) is 19.6 Å². The molecule has 118 valence electrons. The number of aryl methyl sites for hydroxylation is 1. The van der Waals surface area contributed by atoms with Crippen LogP contribution >= 0.6 is 11.3 Å². The summed E-state index contributed by atoms with van der Waals surface area (Å²) in [6, 6.07) is 12.3.